The van der Waals surface area contributed by atoms with Gasteiger partial charge in [-0.05, 0) is 42.0 Å². The smallest absolute Gasteiger partial charge is 0.229 e. The monoisotopic (exact) mass is 410 g/mol. The number of hydrogen-bond donors (Lipinski definition) is 2. The minimum Gasteiger partial charge on any atom is -0.338 e. The lowest BCUT2D eigenvalue weighted by molar-refractivity contribution is -0.128. The molecular formula is C25H22N4O2. The normalized spacial score (nSPS) is 16.1. The fourth-order valence-electron chi connectivity index (χ4n) is 3.95. The highest BCUT2D eigenvalue weighted by atomic mass is 16.2. The molecule has 6 nitrogen and oxygen atoms in total. The molecule has 2 heterocycles. The Kier molecular flexibility index (Phi) is 4.96. The van der Waals surface area contributed by atoms with Gasteiger partial charge >= 0.3 is 0 Å². The number of rotatable bonds is 5. The molecule has 1 aromatic heterocycles. The lowest BCUT2D eigenvalue weighted by Gasteiger charge is -2.16. The fourth-order valence-corrected chi connectivity index (χ4v) is 3.95. The van der Waals surface area contributed by atoms with Crippen LogP contribution in [0.4, 0.5) is 5.69 Å². The van der Waals surface area contributed by atoms with E-state index in [0.717, 1.165) is 28.0 Å². The highest BCUT2D eigenvalue weighted by Crippen LogP contribution is 2.24. The van der Waals surface area contributed by atoms with Crippen molar-refractivity contribution in [2.24, 2.45) is 5.92 Å². The molecule has 1 saturated heterocycles. The molecule has 0 radical (unpaired) electrons. The molecule has 2 amide bonds. The summed E-state index contributed by atoms with van der Waals surface area (Å²) in [5.74, 6) is 0.341. The van der Waals surface area contributed by atoms with Crippen LogP contribution in [0.2, 0.25) is 0 Å². The van der Waals surface area contributed by atoms with Crippen LogP contribution in [-0.2, 0) is 16.1 Å². The van der Waals surface area contributed by atoms with Crippen molar-refractivity contribution in [3.63, 3.8) is 0 Å². The fraction of sp³-hybridized carbons (Fsp3) is 0.160. The summed E-state index contributed by atoms with van der Waals surface area (Å²) < 4.78 is 0. The predicted octanol–water partition coefficient (Wildman–Crippen LogP) is 4.22. The van der Waals surface area contributed by atoms with Crippen LogP contribution in [0.1, 0.15) is 12.0 Å². The third-order valence-corrected chi connectivity index (χ3v) is 5.62. The second-order valence-corrected chi connectivity index (χ2v) is 7.83. The van der Waals surface area contributed by atoms with Crippen LogP contribution in [0.25, 0.3) is 22.4 Å². The number of para-hydroxylation sites is 2. The van der Waals surface area contributed by atoms with Gasteiger partial charge < -0.3 is 15.2 Å². The molecule has 31 heavy (non-hydrogen) atoms. The topological polar surface area (TPSA) is 78.1 Å². The summed E-state index contributed by atoms with van der Waals surface area (Å²) in [5.41, 5.74) is 4.62. The van der Waals surface area contributed by atoms with E-state index in [1.54, 1.807) is 4.90 Å². The van der Waals surface area contributed by atoms with Crippen LogP contribution in [0.5, 0.6) is 0 Å². The number of carbonyl (C=O) groups is 2. The van der Waals surface area contributed by atoms with Gasteiger partial charge in [0.25, 0.3) is 0 Å². The van der Waals surface area contributed by atoms with Gasteiger partial charge in [-0.3, -0.25) is 9.59 Å². The molecule has 1 aliphatic heterocycles. The van der Waals surface area contributed by atoms with Crippen molar-refractivity contribution in [2.45, 2.75) is 13.0 Å². The number of aromatic nitrogens is 2. The van der Waals surface area contributed by atoms with Crippen LogP contribution in [0.3, 0.4) is 0 Å². The standard InChI is InChI=1S/C25H22N4O2/c30-23-14-19(16-29(23)15-17-6-2-1-3-7-17)25(31)26-20-12-10-18(11-13-20)24-27-21-8-4-5-9-22(21)28-24/h1-13,19H,14-16H2,(H,26,31)(H,27,28). The molecule has 1 unspecified atom stereocenters. The molecule has 1 aliphatic rings. The molecule has 3 aromatic carbocycles. The number of H-pyrrole nitrogens is 1. The lowest BCUT2D eigenvalue weighted by Crippen LogP contribution is -2.28. The average Bonchev–Trinajstić information content (AvgIpc) is 3.39. The number of aromatic amines is 1. The molecule has 0 spiro atoms. The SMILES string of the molecule is O=C(Nc1ccc(-c2nc3ccccc3[nH]2)cc1)C1CC(=O)N(Cc2ccccc2)C1. The molecule has 4 aromatic rings. The first-order valence-corrected chi connectivity index (χ1v) is 10.3. The Labute approximate surface area is 179 Å². The zero-order valence-corrected chi connectivity index (χ0v) is 16.9. The van der Waals surface area contributed by atoms with Crippen molar-refractivity contribution < 1.29 is 9.59 Å². The summed E-state index contributed by atoms with van der Waals surface area (Å²) >= 11 is 0. The van der Waals surface area contributed by atoms with Crippen LogP contribution in [-0.4, -0.2) is 33.2 Å². The molecule has 0 bridgehead atoms. The second-order valence-electron chi connectivity index (χ2n) is 7.83. The van der Waals surface area contributed by atoms with E-state index in [4.69, 9.17) is 0 Å². The van der Waals surface area contributed by atoms with Crippen molar-refractivity contribution in [1.29, 1.82) is 0 Å². The van der Waals surface area contributed by atoms with Gasteiger partial charge in [0.2, 0.25) is 11.8 Å². The zero-order chi connectivity index (χ0) is 21.2. The third-order valence-electron chi connectivity index (χ3n) is 5.62. The van der Waals surface area contributed by atoms with Gasteiger partial charge in [0.15, 0.2) is 0 Å². The van der Waals surface area contributed by atoms with E-state index >= 15 is 0 Å². The number of hydrogen-bond acceptors (Lipinski definition) is 3. The van der Waals surface area contributed by atoms with Gasteiger partial charge in [-0.15, -0.1) is 0 Å². The van der Waals surface area contributed by atoms with Crippen molar-refractivity contribution >= 4 is 28.5 Å². The minimum absolute atomic E-state index is 0.0178. The van der Waals surface area contributed by atoms with Gasteiger partial charge in [0.1, 0.15) is 5.82 Å². The van der Waals surface area contributed by atoms with Crippen molar-refractivity contribution in [3.8, 4) is 11.4 Å². The molecule has 1 atom stereocenters. The number of fused-ring (bicyclic) bond motifs is 1. The van der Waals surface area contributed by atoms with Crippen LogP contribution in [0.15, 0.2) is 78.9 Å². The van der Waals surface area contributed by atoms with Gasteiger partial charge in [-0.2, -0.15) is 0 Å². The number of benzene rings is 3. The van der Waals surface area contributed by atoms with Crippen LogP contribution >= 0.6 is 0 Å². The Balaban J connectivity index is 1.23. The van der Waals surface area contributed by atoms with E-state index in [1.807, 2.05) is 78.9 Å². The van der Waals surface area contributed by atoms with Gasteiger partial charge in [-0.25, -0.2) is 4.98 Å². The summed E-state index contributed by atoms with van der Waals surface area (Å²) in [6.07, 6.45) is 0.246. The molecule has 0 saturated carbocycles. The van der Waals surface area contributed by atoms with Gasteiger partial charge in [0.05, 0.1) is 17.0 Å². The number of nitrogens with one attached hydrogen (secondary N) is 2. The van der Waals surface area contributed by atoms with Gasteiger partial charge in [0, 0.05) is 30.8 Å². The number of imidazole rings is 1. The van der Waals surface area contributed by atoms with Crippen molar-refractivity contribution in [1.82, 2.24) is 14.9 Å². The predicted molar refractivity (Wildman–Crippen MR) is 120 cm³/mol. The third kappa shape index (κ3) is 4.05. The quantitative estimate of drug-likeness (QED) is 0.517. The number of nitrogens with zero attached hydrogens (tertiary/aromatic N) is 2. The summed E-state index contributed by atoms with van der Waals surface area (Å²) in [6, 6.07) is 25.3. The second kappa shape index (κ2) is 8.07. The molecule has 6 heteroatoms. The first kappa shape index (κ1) is 19.1. The minimum atomic E-state index is -0.341. The Hall–Kier alpha value is -3.93. The Morgan fingerprint density at radius 2 is 1.74 bits per heavy atom. The number of amides is 2. The van der Waals surface area contributed by atoms with E-state index in [2.05, 4.69) is 15.3 Å². The maximum Gasteiger partial charge on any atom is 0.229 e. The lowest BCUT2D eigenvalue weighted by atomic mass is 10.1. The van der Waals surface area contributed by atoms with Crippen LogP contribution in [0, 0.1) is 5.92 Å². The van der Waals surface area contributed by atoms with Crippen molar-refractivity contribution in [3.05, 3.63) is 84.4 Å². The summed E-state index contributed by atoms with van der Waals surface area (Å²) in [7, 11) is 0. The van der Waals surface area contributed by atoms with E-state index < -0.39 is 0 Å². The van der Waals surface area contributed by atoms with Crippen molar-refractivity contribution in [2.75, 3.05) is 11.9 Å². The number of likely N-dealkylation sites (tertiary alicyclic amines) is 1. The molecular weight excluding hydrogens is 388 g/mol. The van der Waals surface area contributed by atoms with Crippen LogP contribution < -0.4 is 5.32 Å². The number of carbonyl (C=O) groups excluding carboxylic acids is 2. The summed E-state index contributed by atoms with van der Waals surface area (Å²) in [6.45, 7) is 0.978. The first-order chi connectivity index (χ1) is 15.2. The van der Waals surface area contributed by atoms with E-state index in [0.29, 0.717) is 18.8 Å². The molecule has 5 rings (SSSR count). The maximum atomic E-state index is 12.7. The number of anilines is 1. The molecule has 1 fully saturated rings. The van der Waals surface area contributed by atoms with E-state index in [9.17, 15) is 9.59 Å². The average molecular weight is 410 g/mol. The Morgan fingerprint density at radius 3 is 2.52 bits per heavy atom. The maximum absolute atomic E-state index is 12.7. The zero-order valence-electron chi connectivity index (χ0n) is 16.9. The van der Waals surface area contributed by atoms with E-state index in [1.165, 1.54) is 0 Å². The Morgan fingerprint density at radius 1 is 1.00 bits per heavy atom. The molecule has 154 valence electrons. The molecule has 2 N–H and O–H groups in total. The first-order valence-electron chi connectivity index (χ1n) is 10.3. The Bertz CT molecular complexity index is 1200. The largest absolute Gasteiger partial charge is 0.338 e. The highest BCUT2D eigenvalue weighted by Gasteiger charge is 2.34. The summed E-state index contributed by atoms with van der Waals surface area (Å²) in [4.78, 5) is 34.7. The summed E-state index contributed by atoms with van der Waals surface area (Å²) in [5, 5.41) is 2.95. The highest BCUT2D eigenvalue weighted by molar-refractivity contribution is 5.97. The molecule has 0 aliphatic carbocycles. The van der Waals surface area contributed by atoms with E-state index in [-0.39, 0.29) is 24.2 Å². The van der Waals surface area contributed by atoms with Gasteiger partial charge in [-0.1, -0.05) is 42.5 Å².